The number of Topliss-reactive ketones (excluding diaryl/α,β-unsaturated/α-hetero) is 1. The third-order valence-electron chi connectivity index (χ3n) is 11.9. The van der Waals surface area contributed by atoms with Gasteiger partial charge in [0.25, 0.3) is 0 Å². The average Bonchev–Trinajstić information content (AvgIpc) is 3.90. The van der Waals surface area contributed by atoms with E-state index in [1.165, 1.54) is 14.0 Å². The summed E-state index contributed by atoms with van der Waals surface area (Å²) in [7, 11) is 1.29. The van der Waals surface area contributed by atoms with Gasteiger partial charge in [-0.3, -0.25) is 34.0 Å². The summed E-state index contributed by atoms with van der Waals surface area (Å²) in [5.74, 6) is -2.19. The smallest absolute Gasteiger partial charge is 0.657 e. The van der Waals surface area contributed by atoms with E-state index < -0.39 is 24.6 Å². The number of nitrogens with one attached hydrogen (secondary N) is 2. The number of aliphatic hydroxyl groups excluding tert-OH is 2. The van der Waals surface area contributed by atoms with E-state index in [0.717, 1.165) is 17.8 Å². The van der Waals surface area contributed by atoms with E-state index in [1.54, 1.807) is 0 Å². The molecule has 17 heteroatoms. The van der Waals surface area contributed by atoms with E-state index in [0.29, 0.717) is 89.5 Å². The second-order valence-electron chi connectivity index (χ2n) is 15.9. The maximum absolute atomic E-state index is 14.5. The first-order valence-electron chi connectivity index (χ1n) is 20.9. The predicted molar refractivity (Wildman–Crippen MR) is 229 cm³/mol. The summed E-state index contributed by atoms with van der Waals surface area (Å²) >= 11 is 0. The molecule has 3 aromatic rings. The quantitative estimate of drug-likeness (QED) is 0.0610. The topological polar surface area (TPSA) is 251 Å². The van der Waals surface area contributed by atoms with Crippen molar-refractivity contribution in [3.8, 4) is 0 Å². The third kappa shape index (κ3) is 11.2. The van der Waals surface area contributed by atoms with E-state index in [2.05, 4.69) is 29.4 Å². The summed E-state index contributed by atoms with van der Waals surface area (Å²) in [4.78, 5) is 76.6. The molecule has 61 heavy (non-hydrogen) atoms. The van der Waals surface area contributed by atoms with Gasteiger partial charge < -0.3 is 47.0 Å². The van der Waals surface area contributed by atoms with Gasteiger partial charge in [0, 0.05) is 110 Å². The summed E-state index contributed by atoms with van der Waals surface area (Å²) in [6.45, 7) is 13.7. The van der Waals surface area contributed by atoms with Gasteiger partial charge in [0.2, 0.25) is 11.8 Å². The van der Waals surface area contributed by atoms with Crippen molar-refractivity contribution in [1.82, 2.24) is 35.5 Å². The molecule has 0 aliphatic carbocycles. The summed E-state index contributed by atoms with van der Waals surface area (Å²) in [5.41, 5.74) is 18.6. The van der Waals surface area contributed by atoms with Gasteiger partial charge in [-0.05, 0) is 39.2 Å². The zero-order chi connectivity index (χ0) is 43.8. The monoisotopic (exact) mass is 933 g/mol. The number of aliphatic hydroxyl groups is 2. The van der Waals surface area contributed by atoms with Crippen molar-refractivity contribution in [1.29, 1.82) is 0 Å². The Labute approximate surface area is 371 Å². The van der Waals surface area contributed by atoms with Crippen molar-refractivity contribution in [2.24, 2.45) is 11.5 Å². The number of esters is 1. The number of nitrogens with two attached hydrogens (primary N) is 2. The molecule has 3 aromatic heterocycles. The molecule has 2 aliphatic heterocycles. The second-order valence-corrected chi connectivity index (χ2v) is 15.9. The number of fused-ring (bicyclic) bond motifs is 8. The van der Waals surface area contributed by atoms with Crippen LogP contribution < -0.4 is 32.1 Å². The van der Waals surface area contributed by atoms with Crippen molar-refractivity contribution in [2.45, 2.75) is 97.0 Å². The summed E-state index contributed by atoms with van der Waals surface area (Å²) in [6.07, 6.45) is -0.303. The Morgan fingerprint density at radius 1 is 0.885 bits per heavy atom. The molecule has 8 bridgehead atoms. The fraction of sp³-hybridized carbons (Fsp3) is 0.545. The molecular formula is C44H61N9O7Pd. The first-order chi connectivity index (χ1) is 28.7. The number of ether oxygens (including phenoxy) is 1. The molecular weight excluding hydrogens is 873 g/mol. The fourth-order valence-corrected chi connectivity index (χ4v) is 8.47. The van der Waals surface area contributed by atoms with E-state index in [1.807, 2.05) is 39.0 Å². The number of ketones is 1. The number of aryl methyl sites for hydroxylation is 2. The molecule has 0 radical (unpaired) electrons. The standard InChI is InChI=1S/C44H63N9O7.Pd/c1-8-29-23(2)32-20-37-40(27(6)55)25(4)34(50-37)18-33-24(3)30(9-10-38(57)48-21-28(56)22-54)42(51-33)31(17-39(58)60-7)43-41(26(5)35(52-43)19-36(29)49-32)44(59)47-13-16-53(14-11-45)15-12-46;/h18-20,23-24,28-30,54,56H,8-17,21-22,45-46H2,1-7H3,(H4,47,48,49,50,51,52,55,57,59);/q;+2/p-2/t23-,24+,28?,29-,30+;/m1./s1. The molecule has 0 aromatic carbocycles. The molecule has 0 saturated carbocycles. The van der Waals surface area contributed by atoms with Gasteiger partial charge >= 0.3 is 26.4 Å². The van der Waals surface area contributed by atoms with Crippen LogP contribution in [-0.2, 0) is 41.2 Å². The molecule has 334 valence electrons. The summed E-state index contributed by atoms with van der Waals surface area (Å²) in [5, 5.41) is 24.9. The number of nitrogens with zero attached hydrogens (tertiary/aromatic N) is 5. The van der Waals surface area contributed by atoms with Crippen molar-refractivity contribution < 1.29 is 54.6 Å². The molecule has 0 spiro atoms. The van der Waals surface area contributed by atoms with Crippen molar-refractivity contribution in [3.63, 3.8) is 0 Å². The van der Waals surface area contributed by atoms with Gasteiger partial charge in [0.1, 0.15) is 0 Å². The Kier molecular flexibility index (Phi) is 17.9. The number of aromatic nitrogens is 4. The van der Waals surface area contributed by atoms with E-state index in [9.17, 15) is 29.4 Å². The van der Waals surface area contributed by atoms with Crippen LogP contribution in [0.15, 0.2) is 18.2 Å². The molecule has 8 N–H and O–H groups in total. The SMILES string of the molecule is CC[C@H]1c2cc3[n-]c(c(CC(=O)OC)c4nc(cc5[n-]c(cc(n2)[C@@H]1C)c(C(C)=O)c5C)[C@@H](C)[C@@H]4CCC(=O)NCC(O)CO)c(C(=O)NCCN(CCN)CCN)c3C.[Pd+2]. The zero-order valence-electron chi connectivity index (χ0n) is 36.2. The van der Waals surface area contributed by atoms with Gasteiger partial charge in [-0.15, -0.1) is 22.1 Å². The Bertz CT molecular complexity index is 2230. The number of hydrogen-bond acceptors (Lipinski definition) is 12. The number of hydrogen-bond donors (Lipinski definition) is 6. The Morgan fingerprint density at radius 2 is 1.49 bits per heavy atom. The van der Waals surface area contributed by atoms with Crippen LogP contribution in [0.3, 0.4) is 0 Å². The molecule has 5 atom stereocenters. The Hall–Kier alpha value is -4.34. The molecule has 2 amide bonds. The fourth-order valence-electron chi connectivity index (χ4n) is 8.47. The van der Waals surface area contributed by atoms with Crippen LogP contribution >= 0.6 is 0 Å². The molecule has 5 rings (SSSR count). The van der Waals surface area contributed by atoms with E-state index >= 15 is 0 Å². The van der Waals surface area contributed by atoms with Crippen LogP contribution in [0.1, 0.15) is 131 Å². The molecule has 0 fully saturated rings. The van der Waals surface area contributed by atoms with Crippen molar-refractivity contribution >= 4 is 45.6 Å². The zero-order valence-corrected chi connectivity index (χ0v) is 37.8. The molecule has 5 heterocycles. The average molecular weight is 934 g/mol. The van der Waals surface area contributed by atoms with E-state index in [4.69, 9.17) is 36.1 Å². The summed E-state index contributed by atoms with van der Waals surface area (Å²) in [6, 6.07) is 5.64. The third-order valence-corrected chi connectivity index (χ3v) is 11.9. The van der Waals surface area contributed by atoms with Crippen molar-refractivity contribution in [3.05, 3.63) is 68.8 Å². The molecule has 0 saturated heterocycles. The minimum atomic E-state index is -1.11. The van der Waals surface area contributed by atoms with Crippen LogP contribution in [-0.4, -0.2) is 114 Å². The maximum Gasteiger partial charge on any atom is 2.00 e. The van der Waals surface area contributed by atoms with E-state index in [-0.39, 0.29) is 92.7 Å². The van der Waals surface area contributed by atoms with Crippen molar-refractivity contribution in [2.75, 3.05) is 59.5 Å². The van der Waals surface area contributed by atoms with Crippen LogP contribution in [0, 0.1) is 13.8 Å². The van der Waals surface area contributed by atoms with Gasteiger partial charge in [0.05, 0.1) is 26.2 Å². The number of carbonyl (C=O) groups excluding carboxylic acids is 4. The van der Waals surface area contributed by atoms with Gasteiger partial charge in [-0.25, -0.2) is 0 Å². The summed E-state index contributed by atoms with van der Waals surface area (Å²) < 4.78 is 5.22. The van der Waals surface area contributed by atoms with Gasteiger partial charge in [0.15, 0.2) is 5.78 Å². The largest absolute Gasteiger partial charge is 2.00 e. The number of amides is 2. The predicted octanol–water partition coefficient (Wildman–Crippen LogP) is 2.49. The first kappa shape index (κ1) is 49.3. The molecule has 16 nitrogen and oxygen atoms in total. The Morgan fingerprint density at radius 3 is 2.11 bits per heavy atom. The molecule has 2 aliphatic rings. The van der Waals surface area contributed by atoms with Crippen LogP contribution in [0.25, 0.3) is 22.1 Å². The normalized spacial score (nSPS) is 17.8. The second kappa shape index (κ2) is 22.1. The molecule has 1 unspecified atom stereocenters. The van der Waals surface area contributed by atoms with Crippen LogP contribution in [0.2, 0.25) is 0 Å². The Balaban J connectivity index is 0.00000819. The number of carbonyl (C=O) groups is 4. The van der Waals surface area contributed by atoms with Gasteiger partial charge in [-0.2, -0.15) is 0 Å². The number of methoxy groups -OCH3 is 1. The maximum atomic E-state index is 14.5. The minimum Gasteiger partial charge on any atom is -0.657 e. The minimum absolute atomic E-state index is 0. The van der Waals surface area contributed by atoms with Gasteiger partial charge in [-0.1, -0.05) is 50.1 Å². The van der Waals surface area contributed by atoms with Crippen LogP contribution in [0.5, 0.6) is 0 Å². The first-order valence-corrected chi connectivity index (χ1v) is 20.9. The van der Waals surface area contributed by atoms with Crippen LogP contribution in [0.4, 0.5) is 0 Å². The number of rotatable bonds is 18.